The smallest absolute Gasteiger partial charge is 0.262 e. The lowest BCUT2D eigenvalue weighted by atomic mass is 9.68. The molecule has 3 N–H and O–H groups in total. The first-order valence-corrected chi connectivity index (χ1v) is 16.3. The molecule has 0 radical (unpaired) electrons. The van der Waals surface area contributed by atoms with Crippen LogP contribution >= 0.6 is 0 Å². The minimum Gasteiger partial charge on any atom is -0.495 e. The summed E-state index contributed by atoms with van der Waals surface area (Å²) in [5.74, 6) is 2.54. The van der Waals surface area contributed by atoms with Gasteiger partial charge >= 0.3 is 0 Å². The van der Waals surface area contributed by atoms with E-state index in [1.807, 2.05) is 25.1 Å². The Morgan fingerprint density at radius 2 is 1.67 bits per heavy atom. The number of hydrogen-bond acceptors (Lipinski definition) is 5. The largest absolute Gasteiger partial charge is 0.495 e. The van der Waals surface area contributed by atoms with E-state index in [4.69, 9.17) is 4.74 Å². The average Bonchev–Trinajstić information content (AvgIpc) is 3.64. The van der Waals surface area contributed by atoms with Gasteiger partial charge in [0.05, 0.1) is 23.7 Å². The molecule has 220 valence electrons. The minimum absolute atomic E-state index is 0.0872. The van der Waals surface area contributed by atoms with Gasteiger partial charge in [-0.05, 0) is 121 Å². The quantitative estimate of drug-likeness (QED) is 0.208. The van der Waals surface area contributed by atoms with E-state index in [0.29, 0.717) is 46.4 Å². The number of ether oxygens (including phenoxy) is 1. The van der Waals surface area contributed by atoms with Gasteiger partial charge in [0.1, 0.15) is 5.75 Å². The molecule has 4 aromatic carbocycles. The van der Waals surface area contributed by atoms with Crippen molar-refractivity contribution in [2.75, 3.05) is 22.5 Å². The third-order valence-electron chi connectivity index (χ3n) is 9.53. The minimum atomic E-state index is -3.86. The summed E-state index contributed by atoms with van der Waals surface area (Å²) in [5, 5.41) is 6.78. The fraction of sp³-hybridized carbons (Fsp3) is 0.286. The first kappa shape index (κ1) is 27.5. The number of methoxy groups -OCH3 is 1. The van der Waals surface area contributed by atoms with Gasteiger partial charge in [-0.2, -0.15) is 0 Å². The molecule has 0 aromatic heterocycles. The molecular formula is C35H35N3O4S. The van der Waals surface area contributed by atoms with Crippen LogP contribution in [0, 0.1) is 24.7 Å². The van der Waals surface area contributed by atoms with Crippen LogP contribution in [-0.4, -0.2) is 21.4 Å². The summed E-state index contributed by atoms with van der Waals surface area (Å²) in [6, 6.07) is 28.5. The second-order valence-corrected chi connectivity index (χ2v) is 13.7. The summed E-state index contributed by atoms with van der Waals surface area (Å²) < 4.78 is 34.1. The van der Waals surface area contributed by atoms with Crippen molar-refractivity contribution in [2.45, 2.75) is 43.0 Å². The molecule has 1 aliphatic heterocycles. The van der Waals surface area contributed by atoms with Crippen LogP contribution in [0.25, 0.3) is 0 Å². The van der Waals surface area contributed by atoms with E-state index >= 15 is 0 Å². The van der Waals surface area contributed by atoms with Crippen LogP contribution in [0.5, 0.6) is 5.75 Å². The summed E-state index contributed by atoms with van der Waals surface area (Å²) in [5.41, 5.74) is 6.09. The Morgan fingerprint density at radius 3 is 2.44 bits per heavy atom. The Labute approximate surface area is 252 Å². The molecule has 8 heteroatoms. The third kappa shape index (κ3) is 5.03. The van der Waals surface area contributed by atoms with Gasteiger partial charge in [0, 0.05) is 16.9 Å². The van der Waals surface area contributed by atoms with E-state index in [9.17, 15) is 13.2 Å². The SMILES string of the molecule is COc1ccc(C)cc1NS(=O)(=O)c1ccc(NC(=O)c2ccc3c(c2)[C@@H]2[C@H]4CC[C@@H](C4)[C@@H]2[C@@H](c2ccccc2)N3)cc1. The first-order chi connectivity index (χ1) is 20.8. The van der Waals surface area contributed by atoms with E-state index in [1.54, 1.807) is 24.3 Å². The van der Waals surface area contributed by atoms with E-state index in [-0.39, 0.29) is 16.8 Å². The maximum Gasteiger partial charge on any atom is 0.262 e. The van der Waals surface area contributed by atoms with Crippen molar-refractivity contribution in [3.63, 3.8) is 0 Å². The lowest BCUT2D eigenvalue weighted by Crippen LogP contribution is -2.35. The van der Waals surface area contributed by atoms with E-state index in [2.05, 4.69) is 51.8 Å². The number of nitrogens with one attached hydrogen (secondary N) is 3. The van der Waals surface area contributed by atoms with Crippen LogP contribution in [0.15, 0.2) is 95.9 Å². The summed E-state index contributed by atoms with van der Waals surface area (Å²) in [4.78, 5) is 13.5. The summed E-state index contributed by atoms with van der Waals surface area (Å²) in [6.45, 7) is 1.88. The third-order valence-corrected chi connectivity index (χ3v) is 10.9. The molecule has 1 heterocycles. The van der Waals surface area contributed by atoms with Crippen molar-refractivity contribution >= 4 is 33.0 Å². The molecule has 0 unspecified atom stereocenters. The van der Waals surface area contributed by atoms with Crippen molar-refractivity contribution < 1.29 is 17.9 Å². The van der Waals surface area contributed by atoms with Gasteiger partial charge in [-0.1, -0.05) is 36.4 Å². The van der Waals surface area contributed by atoms with Crippen LogP contribution in [0.2, 0.25) is 0 Å². The van der Waals surface area contributed by atoms with Crippen molar-refractivity contribution in [3.8, 4) is 5.75 Å². The molecule has 2 fully saturated rings. The van der Waals surface area contributed by atoms with E-state index < -0.39 is 10.0 Å². The van der Waals surface area contributed by atoms with Crippen molar-refractivity contribution in [2.24, 2.45) is 17.8 Å². The van der Waals surface area contributed by atoms with Crippen molar-refractivity contribution in [1.82, 2.24) is 0 Å². The topological polar surface area (TPSA) is 96.5 Å². The zero-order chi connectivity index (χ0) is 29.7. The summed E-state index contributed by atoms with van der Waals surface area (Å²) >= 11 is 0. The molecule has 2 aliphatic carbocycles. The van der Waals surface area contributed by atoms with Gasteiger partial charge in [0.15, 0.2) is 0 Å². The fourth-order valence-corrected chi connectivity index (χ4v) is 8.70. The number of amides is 1. The summed E-state index contributed by atoms with van der Waals surface area (Å²) in [7, 11) is -2.36. The molecule has 5 atom stereocenters. The average molecular weight is 594 g/mol. The Kier molecular flexibility index (Phi) is 6.89. The normalized spacial score (nSPS) is 23.5. The van der Waals surface area contributed by atoms with E-state index in [0.717, 1.165) is 11.3 Å². The highest BCUT2D eigenvalue weighted by Gasteiger charge is 2.53. The second kappa shape index (κ2) is 10.8. The monoisotopic (exact) mass is 593 g/mol. The number of carbonyl (C=O) groups excluding carboxylic acids is 1. The first-order valence-electron chi connectivity index (χ1n) is 14.8. The highest BCUT2D eigenvalue weighted by atomic mass is 32.2. The van der Waals surface area contributed by atoms with Gasteiger partial charge < -0.3 is 15.4 Å². The van der Waals surface area contributed by atoms with Gasteiger partial charge in [-0.3, -0.25) is 9.52 Å². The molecule has 3 aliphatic rings. The maximum absolute atomic E-state index is 13.4. The predicted octanol–water partition coefficient (Wildman–Crippen LogP) is 7.35. The Bertz CT molecular complexity index is 1790. The predicted molar refractivity (Wildman–Crippen MR) is 169 cm³/mol. The molecule has 4 aromatic rings. The number of rotatable bonds is 7. The number of benzene rings is 4. The van der Waals surface area contributed by atoms with Crippen LogP contribution < -0.4 is 20.1 Å². The van der Waals surface area contributed by atoms with E-state index in [1.165, 1.54) is 49.6 Å². The molecule has 0 saturated heterocycles. The number of hydrogen-bond donors (Lipinski definition) is 3. The molecule has 0 spiro atoms. The number of carbonyl (C=O) groups is 1. The Morgan fingerprint density at radius 1 is 0.907 bits per heavy atom. The molecule has 43 heavy (non-hydrogen) atoms. The lowest BCUT2D eigenvalue weighted by Gasteiger charge is -2.43. The van der Waals surface area contributed by atoms with Crippen LogP contribution in [0.4, 0.5) is 17.1 Å². The van der Waals surface area contributed by atoms with Crippen molar-refractivity contribution in [3.05, 3.63) is 113 Å². The molecule has 2 bridgehead atoms. The molecule has 1 amide bonds. The second-order valence-electron chi connectivity index (χ2n) is 12.1. The molecule has 7 rings (SSSR count). The standard InChI is InChI=1S/C35H35N3O4S/c1-21-8-17-31(42-2)30(18-21)38-43(40,41)27-14-12-26(13-15-27)36-35(39)25-11-16-29-28(20-25)32-23-9-10-24(19-23)33(32)34(37-29)22-6-4-3-5-7-22/h3-8,11-18,20,23-24,32-34,37-38H,9-10,19H2,1-2H3,(H,36,39)/t23-,24-,32-,33-,34+/m0/s1. The summed E-state index contributed by atoms with van der Waals surface area (Å²) in [6.07, 6.45) is 3.80. The van der Waals surface area contributed by atoms with Gasteiger partial charge in [0.2, 0.25) is 0 Å². The lowest BCUT2D eigenvalue weighted by molar-refractivity contribution is 0.102. The highest BCUT2D eigenvalue weighted by molar-refractivity contribution is 7.92. The Hall–Kier alpha value is -4.30. The molecule has 7 nitrogen and oxygen atoms in total. The van der Waals surface area contributed by atoms with Crippen LogP contribution in [0.3, 0.4) is 0 Å². The van der Waals surface area contributed by atoms with Crippen LogP contribution in [0.1, 0.15) is 58.3 Å². The highest BCUT2D eigenvalue weighted by Crippen LogP contribution is 2.63. The van der Waals surface area contributed by atoms with Crippen molar-refractivity contribution in [1.29, 1.82) is 0 Å². The number of anilines is 3. The van der Waals surface area contributed by atoms with Crippen LogP contribution in [-0.2, 0) is 10.0 Å². The maximum atomic E-state index is 13.4. The van der Waals surface area contributed by atoms with Gasteiger partial charge in [-0.15, -0.1) is 0 Å². The zero-order valence-corrected chi connectivity index (χ0v) is 25.0. The van der Waals surface area contributed by atoms with Gasteiger partial charge in [0.25, 0.3) is 15.9 Å². The molecular weight excluding hydrogens is 558 g/mol. The number of aryl methyl sites for hydroxylation is 1. The zero-order valence-electron chi connectivity index (χ0n) is 24.2. The molecule has 2 saturated carbocycles. The number of fused-ring (bicyclic) bond motifs is 7. The Balaban J connectivity index is 1.10. The fourth-order valence-electron chi connectivity index (χ4n) is 7.64. The van der Waals surface area contributed by atoms with Gasteiger partial charge in [-0.25, -0.2) is 8.42 Å². The number of sulfonamides is 1.